The summed E-state index contributed by atoms with van der Waals surface area (Å²) < 4.78 is 5.30. The third-order valence-corrected chi connectivity index (χ3v) is 5.09. The Hall–Kier alpha value is -3.51. The first-order valence-electron chi connectivity index (χ1n) is 9.11. The largest absolute Gasteiger partial charge is 0.459 e. The zero-order valence-electron chi connectivity index (χ0n) is 15.2. The SMILES string of the molecule is O=C(c1ccco1)N1N=C(c2ccc(Cl)cc2)CC1c1cnc2ccccc2n1. The van der Waals surface area contributed by atoms with E-state index in [1.54, 1.807) is 30.5 Å². The molecule has 1 atom stereocenters. The van der Waals surface area contributed by atoms with E-state index in [4.69, 9.17) is 21.0 Å². The topological polar surface area (TPSA) is 71.6 Å². The van der Waals surface area contributed by atoms with E-state index in [2.05, 4.69) is 10.1 Å². The van der Waals surface area contributed by atoms with Crippen molar-refractivity contribution in [3.8, 4) is 0 Å². The van der Waals surface area contributed by atoms with Crippen LogP contribution in [0.25, 0.3) is 11.0 Å². The van der Waals surface area contributed by atoms with Gasteiger partial charge in [-0.25, -0.2) is 9.99 Å². The summed E-state index contributed by atoms with van der Waals surface area (Å²) in [6, 6.07) is 18.0. The molecule has 4 aromatic rings. The lowest BCUT2D eigenvalue weighted by atomic mass is 10.0. The zero-order valence-corrected chi connectivity index (χ0v) is 16.0. The first-order valence-corrected chi connectivity index (χ1v) is 9.49. The summed E-state index contributed by atoms with van der Waals surface area (Å²) >= 11 is 6.01. The number of amides is 1. The lowest BCUT2D eigenvalue weighted by molar-refractivity contribution is 0.0675. The quantitative estimate of drug-likeness (QED) is 0.490. The Morgan fingerprint density at radius 3 is 2.59 bits per heavy atom. The van der Waals surface area contributed by atoms with Gasteiger partial charge in [0.25, 0.3) is 0 Å². The van der Waals surface area contributed by atoms with Crippen molar-refractivity contribution in [3.63, 3.8) is 0 Å². The minimum atomic E-state index is -0.379. The van der Waals surface area contributed by atoms with Crippen LogP contribution in [0.4, 0.5) is 0 Å². The van der Waals surface area contributed by atoms with Crippen molar-refractivity contribution in [1.82, 2.24) is 15.0 Å². The number of halogens is 1. The van der Waals surface area contributed by atoms with Crippen molar-refractivity contribution in [3.05, 3.63) is 95.2 Å². The third-order valence-electron chi connectivity index (χ3n) is 4.84. The molecule has 2 aromatic heterocycles. The second kappa shape index (κ2) is 7.14. The van der Waals surface area contributed by atoms with Crippen molar-refractivity contribution in [2.24, 2.45) is 5.10 Å². The number of furan rings is 1. The van der Waals surface area contributed by atoms with Gasteiger partial charge in [0.05, 0.1) is 34.9 Å². The molecule has 0 spiro atoms. The van der Waals surface area contributed by atoms with Gasteiger partial charge in [0, 0.05) is 11.4 Å². The number of nitrogens with zero attached hydrogens (tertiary/aromatic N) is 4. The Morgan fingerprint density at radius 1 is 1.03 bits per heavy atom. The summed E-state index contributed by atoms with van der Waals surface area (Å²) in [6.07, 6.45) is 3.69. The first kappa shape index (κ1) is 17.6. The Kier molecular flexibility index (Phi) is 4.33. The van der Waals surface area contributed by atoms with Gasteiger partial charge in [-0.2, -0.15) is 5.10 Å². The van der Waals surface area contributed by atoms with Gasteiger partial charge in [0.15, 0.2) is 5.76 Å². The van der Waals surface area contributed by atoms with Gasteiger partial charge in [0.1, 0.15) is 6.04 Å². The fourth-order valence-electron chi connectivity index (χ4n) is 3.39. The number of benzene rings is 2. The average Bonchev–Trinajstić information content (AvgIpc) is 3.44. The molecule has 2 aromatic carbocycles. The lowest BCUT2D eigenvalue weighted by Gasteiger charge is -2.20. The van der Waals surface area contributed by atoms with Crippen LogP contribution in [0.15, 0.2) is 82.6 Å². The van der Waals surface area contributed by atoms with E-state index in [9.17, 15) is 4.79 Å². The van der Waals surface area contributed by atoms with Crippen LogP contribution in [-0.4, -0.2) is 26.6 Å². The highest BCUT2D eigenvalue weighted by Gasteiger charge is 2.36. The fraction of sp³-hybridized carbons (Fsp3) is 0.0909. The average molecular weight is 403 g/mol. The Morgan fingerprint density at radius 2 is 1.83 bits per heavy atom. The van der Waals surface area contributed by atoms with Crippen LogP contribution < -0.4 is 0 Å². The van der Waals surface area contributed by atoms with E-state index >= 15 is 0 Å². The summed E-state index contributed by atoms with van der Waals surface area (Å²) in [4.78, 5) is 22.3. The van der Waals surface area contributed by atoms with Gasteiger partial charge in [-0.15, -0.1) is 0 Å². The zero-order chi connectivity index (χ0) is 19.8. The summed E-state index contributed by atoms with van der Waals surface area (Å²) in [7, 11) is 0. The van der Waals surface area contributed by atoms with Gasteiger partial charge < -0.3 is 4.42 Å². The standard InChI is InChI=1S/C22H15ClN4O2/c23-15-9-7-14(8-10-15)18-12-20(27(26-18)22(28)21-6-3-11-29-21)19-13-24-16-4-1-2-5-17(16)25-19/h1-11,13,20H,12H2. The van der Waals surface area contributed by atoms with E-state index in [0.29, 0.717) is 17.1 Å². The predicted molar refractivity (Wildman–Crippen MR) is 110 cm³/mol. The molecule has 5 rings (SSSR count). The lowest BCUT2D eigenvalue weighted by Crippen LogP contribution is -2.27. The molecule has 3 heterocycles. The molecule has 1 unspecified atom stereocenters. The normalized spacial score (nSPS) is 16.2. The minimum Gasteiger partial charge on any atom is -0.459 e. The predicted octanol–water partition coefficient (Wildman–Crippen LogP) is 4.87. The minimum absolute atomic E-state index is 0.227. The highest BCUT2D eigenvalue weighted by Crippen LogP contribution is 2.33. The molecule has 29 heavy (non-hydrogen) atoms. The van der Waals surface area contributed by atoms with E-state index in [1.165, 1.54) is 11.3 Å². The summed E-state index contributed by atoms with van der Waals surface area (Å²) in [5.41, 5.74) is 3.94. The number of carbonyl (C=O) groups is 1. The number of carbonyl (C=O) groups excluding carboxylic acids is 1. The molecule has 0 bridgehead atoms. The molecule has 0 radical (unpaired) electrons. The van der Waals surface area contributed by atoms with Crippen molar-refractivity contribution in [1.29, 1.82) is 0 Å². The summed E-state index contributed by atoms with van der Waals surface area (Å²) in [6.45, 7) is 0. The highest BCUT2D eigenvalue weighted by atomic mass is 35.5. The van der Waals surface area contributed by atoms with Crippen LogP contribution in [0, 0.1) is 0 Å². The van der Waals surface area contributed by atoms with E-state index < -0.39 is 0 Å². The van der Waals surface area contributed by atoms with Crippen molar-refractivity contribution in [2.45, 2.75) is 12.5 Å². The molecule has 0 fully saturated rings. The van der Waals surface area contributed by atoms with Crippen LogP contribution in [0.5, 0.6) is 0 Å². The highest BCUT2D eigenvalue weighted by molar-refractivity contribution is 6.30. The Balaban J connectivity index is 1.56. The molecule has 0 aliphatic carbocycles. The molecule has 0 saturated carbocycles. The van der Waals surface area contributed by atoms with Crippen molar-refractivity contribution in [2.75, 3.05) is 0 Å². The van der Waals surface area contributed by atoms with E-state index in [0.717, 1.165) is 22.3 Å². The third kappa shape index (κ3) is 3.28. The molecule has 6 nitrogen and oxygen atoms in total. The van der Waals surface area contributed by atoms with Crippen LogP contribution in [0.3, 0.4) is 0 Å². The maximum absolute atomic E-state index is 13.0. The Labute approximate surface area is 171 Å². The molecule has 1 amide bonds. The van der Waals surface area contributed by atoms with Crippen molar-refractivity contribution >= 4 is 34.3 Å². The number of fused-ring (bicyclic) bond motifs is 1. The van der Waals surface area contributed by atoms with Crippen LogP contribution >= 0.6 is 11.6 Å². The van der Waals surface area contributed by atoms with Gasteiger partial charge in [-0.3, -0.25) is 9.78 Å². The maximum Gasteiger partial charge on any atom is 0.310 e. The summed E-state index contributed by atoms with van der Waals surface area (Å²) in [5.74, 6) is -0.0937. The first-order chi connectivity index (χ1) is 14.2. The number of rotatable bonds is 3. The maximum atomic E-state index is 13.0. The van der Waals surface area contributed by atoms with Gasteiger partial charge in [-0.1, -0.05) is 35.9 Å². The molecule has 0 saturated heterocycles. The molecule has 1 aliphatic heterocycles. The van der Waals surface area contributed by atoms with Crippen molar-refractivity contribution < 1.29 is 9.21 Å². The van der Waals surface area contributed by atoms with Gasteiger partial charge in [0.2, 0.25) is 0 Å². The number of aromatic nitrogens is 2. The van der Waals surface area contributed by atoms with E-state index in [1.807, 2.05) is 36.4 Å². The molecule has 142 valence electrons. The molecular weight excluding hydrogens is 388 g/mol. The number of hydrogen-bond donors (Lipinski definition) is 0. The summed E-state index contributed by atoms with van der Waals surface area (Å²) in [5, 5.41) is 6.69. The van der Waals surface area contributed by atoms with Crippen LogP contribution in [-0.2, 0) is 0 Å². The smallest absolute Gasteiger partial charge is 0.310 e. The van der Waals surface area contributed by atoms with Gasteiger partial charge >= 0.3 is 5.91 Å². The van der Waals surface area contributed by atoms with Crippen LogP contribution in [0.2, 0.25) is 5.02 Å². The fourth-order valence-corrected chi connectivity index (χ4v) is 3.52. The second-order valence-corrected chi connectivity index (χ2v) is 7.12. The monoisotopic (exact) mass is 402 g/mol. The Bertz CT molecular complexity index is 1220. The molecular formula is C22H15ClN4O2. The number of para-hydroxylation sites is 2. The second-order valence-electron chi connectivity index (χ2n) is 6.68. The van der Waals surface area contributed by atoms with Crippen LogP contribution in [0.1, 0.15) is 34.3 Å². The number of hydrogen-bond acceptors (Lipinski definition) is 5. The van der Waals surface area contributed by atoms with E-state index in [-0.39, 0.29) is 17.7 Å². The number of hydrazone groups is 1. The molecule has 0 N–H and O–H groups in total. The van der Waals surface area contributed by atoms with Gasteiger partial charge in [-0.05, 0) is 42.0 Å². The molecule has 1 aliphatic rings. The molecule has 7 heteroatoms.